The number of rotatable bonds is 9. The summed E-state index contributed by atoms with van der Waals surface area (Å²) >= 11 is 1.36. The molecule has 3 N–H and O–H groups in total. The van der Waals surface area contributed by atoms with Crippen LogP contribution >= 0.6 is 11.3 Å². The first-order valence-electron chi connectivity index (χ1n) is 10.6. The second kappa shape index (κ2) is 11.3. The van der Waals surface area contributed by atoms with E-state index in [1.165, 1.54) is 11.3 Å². The van der Waals surface area contributed by atoms with E-state index in [2.05, 4.69) is 16.0 Å². The fraction of sp³-hybridized carbons (Fsp3) is 0.240. The third-order valence-electron chi connectivity index (χ3n) is 4.73. The van der Waals surface area contributed by atoms with Crippen molar-refractivity contribution in [3.63, 3.8) is 0 Å². The lowest BCUT2D eigenvalue weighted by Crippen LogP contribution is -2.34. The molecule has 0 saturated carbocycles. The second-order valence-electron chi connectivity index (χ2n) is 7.64. The molecule has 33 heavy (non-hydrogen) atoms. The first-order chi connectivity index (χ1) is 15.8. The van der Waals surface area contributed by atoms with Gasteiger partial charge in [-0.15, -0.1) is 11.3 Å². The van der Waals surface area contributed by atoms with Gasteiger partial charge in [0.1, 0.15) is 5.75 Å². The number of nitrogens with one attached hydrogen (secondary N) is 3. The minimum Gasteiger partial charge on any atom is -0.481 e. The SMILES string of the molecule is Cc1cc(C)cc(OC(C)C(=O)Nc2ccc(C(=O)NCCNC(=O)c3cccs3)cc2)c1. The van der Waals surface area contributed by atoms with Crippen LogP contribution in [0.15, 0.2) is 60.0 Å². The molecular formula is C25H27N3O4S. The highest BCUT2D eigenvalue weighted by Gasteiger charge is 2.16. The van der Waals surface area contributed by atoms with E-state index in [-0.39, 0.29) is 17.7 Å². The summed E-state index contributed by atoms with van der Waals surface area (Å²) in [7, 11) is 0. The number of ether oxygens (including phenoxy) is 1. The molecule has 0 aliphatic carbocycles. The third kappa shape index (κ3) is 7.18. The lowest BCUT2D eigenvalue weighted by Gasteiger charge is -2.16. The van der Waals surface area contributed by atoms with Crippen LogP contribution < -0.4 is 20.7 Å². The molecule has 8 heteroatoms. The number of benzene rings is 2. The van der Waals surface area contributed by atoms with Crippen molar-refractivity contribution < 1.29 is 19.1 Å². The second-order valence-corrected chi connectivity index (χ2v) is 8.59. The minimum atomic E-state index is -0.682. The van der Waals surface area contributed by atoms with E-state index in [9.17, 15) is 14.4 Å². The zero-order chi connectivity index (χ0) is 23.8. The monoisotopic (exact) mass is 465 g/mol. The molecule has 0 saturated heterocycles. The number of anilines is 1. The smallest absolute Gasteiger partial charge is 0.265 e. The van der Waals surface area contributed by atoms with Crippen LogP contribution in [0.2, 0.25) is 0 Å². The first kappa shape index (κ1) is 24.0. The quantitative estimate of drug-likeness (QED) is 0.417. The van der Waals surface area contributed by atoms with Gasteiger partial charge >= 0.3 is 0 Å². The van der Waals surface area contributed by atoms with Gasteiger partial charge in [0.25, 0.3) is 17.7 Å². The summed E-state index contributed by atoms with van der Waals surface area (Å²) in [4.78, 5) is 37.3. The van der Waals surface area contributed by atoms with Crippen molar-refractivity contribution in [2.75, 3.05) is 18.4 Å². The van der Waals surface area contributed by atoms with Gasteiger partial charge < -0.3 is 20.7 Å². The molecule has 0 fully saturated rings. The number of aryl methyl sites for hydroxylation is 2. The molecule has 1 atom stereocenters. The van der Waals surface area contributed by atoms with Gasteiger partial charge in [-0.1, -0.05) is 12.1 Å². The number of thiophene rings is 1. The number of hydrogen-bond donors (Lipinski definition) is 3. The van der Waals surface area contributed by atoms with Gasteiger partial charge in [-0.3, -0.25) is 14.4 Å². The lowest BCUT2D eigenvalue weighted by molar-refractivity contribution is -0.122. The molecule has 1 unspecified atom stereocenters. The number of amides is 3. The van der Waals surface area contributed by atoms with Crippen LogP contribution in [0.3, 0.4) is 0 Å². The van der Waals surface area contributed by atoms with E-state index in [0.29, 0.717) is 35.0 Å². The van der Waals surface area contributed by atoms with Crippen LogP contribution in [0.4, 0.5) is 5.69 Å². The van der Waals surface area contributed by atoms with Crippen LogP contribution in [-0.2, 0) is 4.79 Å². The molecule has 1 heterocycles. The maximum atomic E-state index is 12.5. The summed E-state index contributed by atoms with van der Waals surface area (Å²) in [6, 6.07) is 16.0. The van der Waals surface area contributed by atoms with E-state index >= 15 is 0 Å². The highest BCUT2D eigenvalue weighted by molar-refractivity contribution is 7.12. The van der Waals surface area contributed by atoms with E-state index in [0.717, 1.165) is 11.1 Å². The van der Waals surface area contributed by atoms with Crippen molar-refractivity contribution in [2.45, 2.75) is 26.9 Å². The first-order valence-corrected chi connectivity index (χ1v) is 11.5. The maximum Gasteiger partial charge on any atom is 0.265 e. The molecule has 1 aromatic heterocycles. The molecule has 0 aliphatic rings. The van der Waals surface area contributed by atoms with Gasteiger partial charge in [-0.25, -0.2) is 0 Å². The molecule has 0 spiro atoms. The van der Waals surface area contributed by atoms with Crippen molar-refractivity contribution in [2.24, 2.45) is 0 Å². The molecular weight excluding hydrogens is 438 g/mol. The zero-order valence-corrected chi connectivity index (χ0v) is 19.6. The highest BCUT2D eigenvalue weighted by atomic mass is 32.1. The predicted molar refractivity (Wildman–Crippen MR) is 130 cm³/mol. The molecule has 172 valence electrons. The Morgan fingerprint density at radius 3 is 2.15 bits per heavy atom. The standard InChI is InChI=1S/C25H27N3O4S/c1-16-13-17(2)15-21(14-16)32-18(3)23(29)28-20-8-6-19(7-9-20)24(30)26-10-11-27-25(31)22-5-4-12-33-22/h4-9,12-15,18H,10-11H2,1-3H3,(H,26,30)(H,27,31)(H,28,29). The molecule has 3 aromatic rings. The van der Waals surface area contributed by atoms with E-state index in [4.69, 9.17) is 4.74 Å². The summed E-state index contributed by atoms with van der Waals surface area (Å²) in [5.74, 6) is -0.0542. The predicted octanol–water partition coefficient (Wildman–Crippen LogP) is 3.93. The Hall–Kier alpha value is -3.65. The van der Waals surface area contributed by atoms with Crippen molar-refractivity contribution >= 4 is 34.7 Å². The van der Waals surface area contributed by atoms with Crippen LogP contribution in [-0.4, -0.2) is 36.9 Å². The van der Waals surface area contributed by atoms with Crippen LogP contribution in [0.1, 0.15) is 38.1 Å². The van der Waals surface area contributed by atoms with E-state index in [1.54, 1.807) is 37.3 Å². The van der Waals surface area contributed by atoms with Gasteiger partial charge in [0, 0.05) is 24.3 Å². The Kier molecular flexibility index (Phi) is 8.21. The Balaban J connectivity index is 1.44. The summed E-state index contributed by atoms with van der Waals surface area (Å²) in [6.45, 7) is 6.27. The van der Waals surface area contributed by atoms with Crippen molar-refractivity contribution in [3.05, 3.63) is 81.5 Å². The maximum absolute atomic E-state index is 12.5. The molecule has 0 aliphatic heterocycles. The van der Waals surface area contributed by atoms with Crippen LogP contribution in [0.25, 0.3) is 0 Å². The molecule has 0 bridgehead atoms. The van der Waals surface area contributed by atoms with Gasteiger partial charge in [-0.05, 0) is 79.7 Å². The fourth-order valence-electron chi connectivity index (χ4n) is 3.16. The highest BCUT2D eigenvalue weighted by Crippen LogP contribution is 2.18. The van der Waals surface area contributed by atoms with Crippen LogP contribution in [0, 0.1) is 13.8 Å². The summed E-state index contributed by atoms with van der Waals surface area (Å²) in [6.07, 6.45) is -0.682. The van der Waals surface area contributed by atoms with Crippen molar-refractivity contribution in [1.82, 2.24) is 10.6 Å². The summed E-state index contributed by atoms with van der Waals surface area (Å²) in [5.41, 5.74) is 3.15. The Labute approximate surface area is 197 Å². The Morgan fingerprint density at radius 1 is 0.909 bits per heavy atom. The number of carbonyl (C=O) groups excluding carboxylic acids is 3. The molecule has 0 radical (unpaired) electrons. The summed E-state index contributed by atoms with van der Waals surface area (Å²) < 4.78 is 5.76. The summed E-state index contributed by atoms with van der Waals surface area (Å²) in [5, 5.41) is 10.1. The number of carbonyl (C=O) groups is 3. The van der Waals surface area contributed by atoms with Gasteiger partial charge in [-0.2, -0.15) is 0 Å². The molecule has 2 aromatic carbocycles. The van der Waals surface area contributed by atoms with Gasteiger partial charge in [0.15, 0.2) is 6.10 Å². The normalized spacial score (nSPS) is 11.4. The third-order valence-corrected chi connectivity index (χ3v) is 5.60. The Bertz CT molecular complexity index is 1090. The molecule has 7 nitrogen and oxygen atoms in total. The average Bonchev–Trinajstić information content (AvgIpc) is 3.31. The van der Waals surface area contributed by atoms with E-state index in [1.807, 2.05) is 43.5 Å². The topological polar surface area (TPSA) is 96.5 Å². The van der Waals surface area contributed by atoms with Crippen molar-refractivity contribution in [1.29, 1.82) is 0 Å². The van der Waals surface area contributed by atoms with Gasteiger partial charge in [0.2, 0.25) is 0 Å². The molecule has 3 rings (SSSR count). The zero-order valence-electron chi connectivity index (χ0n) is 18.8. The Morgan fingerprint density at radius 2 is 1.55 bits per heavy atom. The number of hydrogen-bond acceptors (Lipinski definition) is 5. The van der Waals surface area contributed by atoms with Crippen LogP contribution in [0.5, 0.6) is 5.75 Å². The lowest BCUT2D eigenvalue weighted by atomic mass is 10.1. The largest absolute Gasteiger partial charge is 0.481 e. The van der Waals surface area contributed by atoms with Crippen molar-refractivity contribution in [3.8, 4) is 5.75 Å². The fourth-order valence-corrected chi connectivity index (χ4v) is 3.80. The molecule has 3 amide bonds. The van der Waals surface area contributed by atoms with E-state index < -0.39 is 6.10 Å². The average molecular weight is 466 g/mol. The minimum absolute atomic E-state index is 0.157. The van der Waals surface area contributed by atoms with Gasteiger partial charge in [0.05, 0.1) is 4.88 Å².